The molecule has 0 aromatic heterocycles. The number of halogens is 2. The van der Waals surface area contributed by atoms with E-state index in [0.29, 0.717) is 16.5 Å². The molecule has 2 rings (SSSR count). The molecule has 0 aliphatic heterocycles. The zero-order valence-electron chi connectivity index (χ0n) is 10.5. The van der Waals surface area contributed by atoms with Gasteiger partial charge in [-0.05, 0) is 24.3 Å². The van der Waals surface area contributed by atoms with E-state index in [9.17, 15) is 9.18 Å². The van der Waals surface area contributed by atoms with Gasteiger partial charge in [0.2, 0.25) is 0 Å². The third kappa shape index (κ3) is 3.39. The lowest BCUT2D eigenvalue weighted by Crippen LogP contribution is -2.17. The quantitative estimate of drug-likeness (QED) is 0.927. The Kier molecular flexibility index (Phi) is 4.42. The van der Waals surface area contributed by atoms with Crippen molar-refractivity contribution in [1.82, 2.24) is 0 Å². The number of carbonyl (C=O) groups excluding carboxylic acids is 1. The molecule has 0 aliphatic carbocycles. The molecule has 1 N–H and O–H groups in total. The minimum absolute atomic E-state index is 0.155. The molecule has 0 radical (unpaired) electrons. The average Bonchev–Trinajstić information content (AvgIpc) is 2.43. The fourth-order valence-electron chi connectivity index (χ4n) is 1.53. The molecule has 0 fully saturated rings. The highest BCUT2D eigenvalue weighted by Gasteiger charge is 2.11. The number of rotatable bonds is 3. The number of anilines is 1. The number of benzene rings is 2. The van der Waals surface area contributed by atoms with E-state index in [1.165, 1.54) is 25.3 Å². The van der Waals surface area contributed by atoms with Crippen molar-refractivity contribution in [2.24, 2.45) is 0 Å². The number of methoxy groups -OCH3 is 1. The van der Waals surface area contributed by atoms with Crippen LogP contribution in [0.1, 0.15) is 0 Å². The smallest absolute Gasteiger partial charge is 0.417 e. The lowest BCUT2D eigenvalue weighted by Gasteiger charge is -2.11. The summed E-state index contributed by atoms with van der Waals surface area (Å²) >= 11 is 5.81. The summed E-state index contributed by atoms with van der Waals surface area (Å²) in [6, 6.07) is 10.3. The molecule has 104 valence electrons. The molecule has 0 atom stereocenters. The second-order valence-electron chi connectivity index (χ2n) is 3.79. The van der Waals surface area contributed by atoms with Crippen molar-refractivity contribution in [3.63, 3.8) is 0 Å². The van der Waals surface area contributed by atoms with E-state index in [1.807, 2.05) is 0 Å². The van der Waals surface area contributed by atoms with Crippen molar-refractivity contribution in [2.45, 2.75) is 0 Å². The van der Waals surface area contributed by atoms with Crippen molar-refractivity contribution in [3.8, 4) is 11.5 Å². The topological polar surface area (TPSA) is 47.6 Å². The maximum atomic E-state index is 13.3. The normalized spacial score (nSPS) is 9.95. The summed E-state index contributed by atoms with van der Waals surface area (Å²) in [6.45, 7) is 0. The molecular weight excluding hydrogens is 285 g/mol. The second kappa shape index (κ2) is 6.25. The Morgan fingerprint density at radius 2 is 1.95 bits per heavy atom. The van der Waals surface area contributed by atoms with Gasteiger partial charge in [-0.2, -0.15) is 0 Å². The van der Waals surface area contributed by atoms with Crippen molar-refractivity contribution in [2.75, 3.05) is 12.4 Å². The fourth-order valence-corrected chi connectivity index (χ4v) is 1.69. The summed E-state index contributed by atoms with van der Waals surface area (Å²) in [7, 11) is 1.44. The Morgan fingerprint density at radius 3 is 2.65 bits per heavy atom. The molecule has 0 saturated heterocycles. The predicted octanol–water partition coefficient (Wildman–Crippen LogP) is 4.10. The minimum atomic E-state index is -0.823. The zero-order valence-corrected chi connectivity index (χ0v) is 11.3. The number of nitrogens with one attached hydrogen (secondary N) is 1. The number of hydrogen-bond donors (Lipinski definition) is 1. The van der Waals surface area contributed by atoms with Crippen LogP contribution in [0.25, 0.3) is 0 Å². The van der Waals surface area contributed by atoms with Gasteiger partial charge in [0.05, 0.1) is 12.8 Å². The van der Waals surface area contributed by atoms with Crippen LogP contribution in [0.5, 0.6) is 11.5 Å². The van der Waals surface area contributed by atoms with Gasteiger partial charge in [-0.1, -0.05) is 23.7 Å². The first-order valence-electron chi connectivity index (χ1n) is 5.67. The van der Waals surface area contributed by atoms with Crippen LogP contribution in [0.4, 0.5) is 14.9 Å². The van der Waals surface area contributed by atoms with Gasteiger partial charge in [0.15, 0.2) is 11.6 Å². The molecule has 2 aromatic rings. The van der Waals surface area contributed by atoms with Crippen molar-refractivity contribution in [3.05, 3.63) is 53.3 Å². The number of carbonyl (C=O) groups is 1. The van der Waals surface area contributed by atoms with Gasteiger partial charge in [0.25, 0.3) is 0 Å². The SMILES string of the molecule is COc1cc(Cl)ccc1NC(=O)Oc1ccccc1F. The molecule has 20 heavy (non-hydrogen) atoms. The van der Waals surface area contributed by atoms with Crippen LogP contribution in [-0.2, 0) is 0 Å². The zero-order chi connectivity index (χ0) is 14.5. The third-order valence-corrected chi connectivity index (χ3v) is 2.67. The van der Waals surface area contributed by atoms with Crippen LogP contribution >= 0.6 is 11.6 Å². The highest BCUT2D eigenvalue weighted by atomic mass is 35.5. The predicted molar refractivity (Wildman–Crippen MR) is 74.1 cm³/mol. The van der Waals surface area contributed by atoms with Crippen LogP contribution in [-0.4, -0.2) is 13.2 Å². The Bertz CT molecular complexity index is 634. The van der Waals surface area contributed by atoms with Crippen LogP contribution < -0.4 is 14.8 Å². The van der Waals surface area contributed by atoms with E-state index in [1.54, 1.807) is 24.3 Å². The summed E-state index contributed by atoms with van der Waals surface area (Å²) in [5, 5.41) is 2.92. The Morgan fingerprint density at radius 1 is 1.20 bits per heavy atom. The first kappa shape index (κ1) is 14.1. The largest absolute Gasteiger partial charge is 0.495 e. The van der Waals surface area contributed by atoms with Gasteiger partial charge in [0, 0.05) is 11.1 Å². The van der Waals surface area contributed by atoms with Crippen molar-refractivity contribution < 1.29 is 18.7 Å². The van der Waals surface area contributed by atoms with Crippen molar-refractivity contribution >= 4 is 23.4 Å². The number of hydrogen-bond acceptors (Lipinski definition) is 3. The van der Waals surface area contributed by atoms with Crippen molar-refractivity contribution in [1.29, 1.82) is 0 Å². The van der Waals surface area contributed by atoms with E-state index in [0.717, 1.165) is 0 Å². The second-order valence-corrected chi connectivity index (χ2v) is 4.23. The lowest BCUT2D eigenvalue weighted by atomic mass is 10.3. The summed E-state index contributed by atoms with van der Waals surface area (Å²) in [4.78, 5) is 11.7. The van der Waals surface area contributed by atoms with E-state index < -0.39 is 11.9 Å². The molecule has 6 heteroatoms. The van der Waals surface area contributed by atoms with E-state index >= 15 is 0 Å². The van der Waals surface area contributed by atoms with Gasteiger partial charge >= 0.3 is 6.09 Å². The molecule has 1 amide bonds. The Balaban J connectivity index is 2.11. The summed E-state index contributed by atoms with van der Waals surface area (Å²) < 4.78 is 23.3. The van der Waals surface area contributed by atoms with Gasteiger partial charge in [0.1, 0.15) is 5.75 Å². The first-order chi connectivity index (χ1) is 9.60. The number of ether oxygens (including phenoxy) is 2. The van der Waals surface area contributed by atoms with Gasteiger partial charge in [-0.3, -0.25) is 5.32 Å². The van der Waals surface area contributed by atoms with Gasteiger partial charge in [-0.25, -0.2) is 9.18 Å². The molecule has 4 nitrogen and oxygen atoms in total. The molecule has 0 aliphatic rings. The summed E-state index contributed by atoms with van der Waals surface area (Å²) in [6.07, 6.45) is -0.823. The van der Waals surface area contributed by atoms with Crippen LogP contribution in [0, 0.1) is 5.82 Å². The molecule has 0 unspecified atom stereocenters. The van der Waals surface area contributed by atoms with Gasteiger partial charge < -0.3 is 9.47 Å². The highest BCUT2D eigenvalue weighted by molar-refractivity contribution is 6.30. The maximum Gasteiger partial charge on any atom is 0.417 e. The third-order valence-electron chi connectivity index (χ3n) is 2.44. The monoisotopic (exact) mass is 295 g/mol. The molecule has 0 heterocycles. The van der Waals surface area contributed by atoms with Crippen LogP contribution in [0.2, 0.25) is 5.02 Å². The van der Waals surface area contributed by atoms with E-state index in [2.05, 4.69) is 5.32 Å². The van der Waals surface area contributed by atoms with Crippen LogP contribution in [0.15, 0.2) is 42.5 Å². The Labute approximate surface area is 120 Å². The molecule has 2 aromatic carbocycles. The van der Waals surface area contributed by atoms with Gasteiger partial charge in [-0.15, -0.1) is 0 Å². The first-order valence-corrected chi connectivity index (χ1v) is 6.05. The number of amides is 1. The molecular formula is C14H11ClFNO3. The molecule has 0 saturated carbocycles. The summed E-state index contributed by atoms with van der Waals surface area (Å²) in [5.74, 6) is -0.397. The standard InChI is InChI=1S/C14H11ClFNO3/c1-19-13-8-9(15)6-7-11(13)17-14(18)20-12-5-3-2-4-10(12)16/h2-8H,1H3,(H,17,18). The minimum Gasteiger partial charge on any atom is -0.495 e. The van der Waals surface area contributed by atoms with E-state index in [-0.39, 0.29) is 5.75 Å². The average molecular weight is 296 g/mol. The van der Waals surface area contributed by atoms with Crippen LogP contribution in [0.3, 0.4) is 0 Å². The maximum absolute atomic E-state index is 13.3. The molecule has 0 bridgehead atoms. The molecule has 0 spiro atoms. The highest BCUT2D eigenvalue weighted by Crippen LogP contribution is 2.28. The number of para-hydroxylation sites is 1. The fraction of sp³-hybridized carbons (Fsp3) is 0.0714. The lowest BCUT2D eigenvalue weighted by molar-refractivity contribution is 0.213. The summed E-state index contributed by atoms with van der Waals surface area (Å²) in [5.41, 5.74) is 0.373. The Hall–Kier alpha value is -2.27. The van der Waals surface area contributed by atoms with E-state index in [4.69, 9.17) is 21.1 Å².